The molecule has 0 aliphatic heterocycles. The predicted octanol–water partition coefficient (Wildman–Crippen LogP) is -0.474. The van der Waals surface area contributed by atoms with Gasteiger partial charge in [-0.05, 0) is 12.8 Å². The maximum atomic E-state index is 10.8. The quantitative estimate of drug-likeness (QED) is 0.293. The highest BCUT2D eigenvalue weighted by atomic mass is 16.2. The van der Waals surface area contributed by atoms with Gasteiger partial charge in [0.05, 0.1) is 17.9 Å². The van der Waals surface area contributed by atoms with Crippen molar-refractivity contribution in [2.24, 2.45) is 17.7 Å². The van der Waals surface area contributed by atoms with Crippen molar-refractivity contribution in [1.82, 2.24) is 5.43 Å². The lowest BCUT2D eigenvalue weighted by molar-refractivity contribution is -0.129. The van der Waals surface area contributed by atoms with E-state index in [1.54, 1.807) is 0 Å². The molecule has 1 amide bonds. The standard InChI is InChI=1S/C6H9N3O/c7-3-4-1-2-5(4)6(10)9-8/h4-5H,1-2,8H2,(H,9,10)/t4-,5-/m0/s1. The van der Waals surface area contributed by atoms with E-state index in [-0.39, 0.29) is 17.7 Å². The van der Waals surface area contributed by atoms with Crippen LogP contribution in [0.2, 0.25) is 0 Å². The number of carbonyl (C=O) groups is 1. The Labute approximate surface area is 59.0 Å². The Hall–Kier alpha value is -1.08. The average molecular weight is 139 g/mol. The first kappa shape index (κ1) is 7.03. The first-order valence-corrected chi connectivity index (χ1v) is 3.19. The van der Waals surface area contributed by atoms with E-state index in [0.29, 0.717) is 0 Å². The van der Waals surface area contributed by atoms with Crippen LogP contribution in [0.5, 0.6) is 0 Å². The summed E-state index contributed by atoms with van der Waals surface area (Å²) in [6, 6.07) is 2.05. The molecular weight excluding hydrogens is 130 g/mol. The Balaban J connectivity index is 2.44. The molecule has 0 saturated heterocycles. The number of nitrogens with one attached hydrogen (secondary N) is 1. The zero-order chi connectivity index (χ0) is 7.56. The van der Waals surface area contributed by atoms with E-state index in [2.05, 4.69) is 6.07 Å². The molecule has 0 radical (unpaired) electrons. The van der Waals surface area contributed by atoms with Crippen molar-refractivity contribution in [3.05, 3.63) is 0 Å². The van der Waals surface area contributed by atoms with Gasteiger partial charge in [-0.25, -0.2) is 5.84 Å². The summed E-state index contributed by atoms with van der Waals surface area (Å²) in [5.41, 5.74) is 2.04. The van der Waals surface area contributed by atoms with Gasteiger partial charge in [0.25, 0.3) is 0 Å². The number of nitrogens with zero attached hydrogens (tertiary/aromatic N) is 1. The van der Waals surface area contributed by atoms with Gasteiger partial charge in [-0.3, -0.25) is 10.2 Å². The molecule has 0 aromatic heterocycles. The molecule has 1 rings (SSSR count). The van der Waals surface area contributed by atoms with Crippen LogP contribution in [0.3, 0.4) is 0 Å². The van der Waals surface area contributed by atoms with Crippen molar-refractivity contribution in [3.63, 3.8) is 0 Å². The second-order valence-corrected chi connectivity index (χ2v) is 2.43. The predicted molar refractivity (Wildman–Crippen MR) is 34.2 cm³/mol. The van der Waals surface area contributed by atoms with Crippen molar-refractivity contribution < 1.29 is 4.79 Å². The third-order valence-electron chi connectivity index (χ3n) is 1.92. The number of amides is 1. The molecule has 1 fully saturated rings. The van der Waals surface area contributed by atoms with E-state index in [9.17, 15) is 4.79 Å². The van der Waals surface area contributed by atoms with Gasteiger partial charge < -0.3 is 0 Å². The summed E-state index contributed by atoms with van der Waals surface area (Å²) in [6.07, 6.45) is 1.62. The number of carbonyl (C=O) groups excluding carboxylic acids is 1. The van der Waals surface area contributed by atoms with E-state index in [1.807, 2.05) is 5.43 Å². The first-order valence-electron chi connectivity index (χ1n) is 3.19. The summed E-state index contributed by atoms with van der Waals surface area (Å²) in [5, 5.41) is 8.43. The van der Waals surface area contributed by atoms with Gasteiger partial charge in [0.15, 0.2) is 0 Å². The van der Waals surface area contributed by atoms with Crippen LogP contribution >= 0.6 is 0 Å². The van der Waals surface area contributed by atoms with Gasteiger partial charge in [-0.1, -0.05) is 0 Å². The Kier molecular flexibility index (Phi) is 1.88. The second-order valence-electron chi connectivity index (χ2n) is 2.43. The molecule has 0 spiro atoms. The summed E-state index contributed by atoms with van der Waals surface area (Å²) < 4.78 is 0. The smallest absolute Gasteiger partial charge is 0.238 e. The van der Waals surface area contributed by atoms with E-state index in [4.69, 9.17) is 11.1 Å². The number of hydrazine groups is 1. The average Bonchev–Trinajstić information content (AvgIpc) is 1.86. The molecule has 0 bridgehead atoms. The van der Waals surface area contributed by atoms with E-state index < -0.39 is 0 Å². The Morgan fingerprint density at radius 1 is 1.70 bits per heavy atom. The molecule has 1 saturated carbocycles. The Morgan fingerprint density at radius 3 is 2.70 bits per heavy atom. The minimum Gasteiger partial charge on any atom is -0.294 e. The van der Waals surface area contributed by atoms with E-state index in [1.165, 1.54) is 0 Å². The number of nitrogens with two attached hydrogens (primary N) is 1. The molecule has 2 atom stereocenters. The number of hydrogen-bond acceptors (Lipinski definition) is 3. The highest BCUT2D eigenvalue weighted by Gasteiger charge is 2.36. The van der Waals surface area contributed by atoms with Crippen LogP contribution in [0.15, 0.2) is 0 Å². The lowest BCUT2D eigenvalue weighted by Crippen LogP contribution is -2.43. The van der Waals surface area contributed by atoms with E-state index >= 15 is 0 Å². The van der Waals surface area contributed by atoms with Gasteiger partial charge in [0.1, 0.15) is 0 Å². The van der Waals surface area contributed by atoms with Crippen LogP contribution in [0.25, 0.3) is 0 Å². The van der Waals surface area contributed by atoms with Crippen molar-refractivity contribution in [2.45, 2.75) is 12.8 Å². The van der Waals surface area contributed by atoms with Gasteiger partial charge in [-0.15, -0.1) is 0 Å². The molecule has 0 aromatic carbocycles. The number of rotatable bonds is 1. The van der Waals surface area contributed by atoms with Crippen molar-refractivity contribution in [2.75, 3.05) is 0 Å². The molecule has 0 aromatic rings. The fourth-order valence-corrected chi connectivity index (χ4v) is 1.08. The maximum Gasteiger partial charge on any atom is 0.238 e. The number of hydrogen-bond donors (Lipinski definition) is 2. The number of nitriles is 1. The summed E-state index contributed by atoms with van der Waals surface area (Å²) in [5.74, 6) is 4.41. The Morgan fingerprint density at radius 2 is 2.40 bits per heavy atom. The molecule has 4 nitrogen and oxygen atoms in total. The SMILES string of the molecule is N#C[C@@H]1CC[C@@H]1C(=O)NN. The van der Waals surface area contributed by atoms with Crippen molar-refractivity contribution >= 4 is 5.91 Å². The first-order chi connectivity index (χ1) is 4.79. The third kappa shape index (κ3) is 0.957. The highest BCUT2D eigenvalue weighted by Crippen LogP contribution is 2.33. The molecule has 1 aliphatic carbocycles. The van der Waals surface area contributed by atoms with Gasteiger partial charge in [-0.2, -0.15) is 5.26 Å². The summed E-state index contributed by atoms with van der Waals surface area (Å²) in [7, 11) is 0. The lowest BCUT2D eigenvalue weighted by Gasteiger charge is -2.28. The van der Waals surface area contributed by atoms with Crippen molar-refractivity contribution in [1.29, 1.82) is 5.26 Å². The van der Waals surface area contributed by atoms with Crippen LogP contribution in [-0.2, 0) is 4.79 Å². The molecular formula is C6H9N3O. The van der Waals surface area contributed by atoms with Gasteiger partial charge in [0, 0.05) is 0 Å². The van der Waals surface area contributed by atoms with E-state index in [0.717, 1.165) is 12.8 Å². The third-order valence-corrected chi connectivity index (χ3v) is 1.92. The second kappa shape index (κ2) is 2.67. The zero-order valence-corrected chi connectivity index (χ0v) is 5.50. The molecule has 1 aliphatic rings. The maximum absolute atomic E-state index is 10.8. The van der Waals surface area contributed by atoms with Crippen LogP contribution in [0.1, 0.15) is 12.8 Å². The lowest BCUT2D eigenvalue weighted by atomic mass is 9.74. The minimum atomic E-state index is -0.210. The molecule has 0 heterocycles. The highest BCUT2D eigenvalue weighted by molar-refractivity contribution is 5.79. The van der Waals surface area contributed by atoms with Crippen LogP contribution in [0.4, 0.5) is 0 Å². The minimum absolute atomic E-state index is 0.108. The normalized spacial score (nSPS) is 30.0. The van der Waals surface area contributed by atoms with Crippen LogP contribution in [0, 0.1) is 23.2 Å². The molecule has 54 valence electrons. The van der Waals surface area contributed by atoms with Gasteiger partial charge >= 0.3 is 0 Å². The van der Waals surface area contributed by atoms with Crippen molar-refractivity contribution in [3.8, 4) is 6.07 Å². The molecule has 0 unspecified atom stereocenters. The summed E-state index contributed by atoms with van der Waals surface area (Å²) in [6.45, 7) is 0. The monoisotopic (exact) mass is 139 g/mol. The van der Waals surface area contributed by atoms with Crippen LogP contribution in [-0.4, -0.2) is 5.91 Å². The fraction of sp³-hybridized carbons (Fsp3) is 0.667. The molecule has 4 heteroatoms. The largest absolute Gasteiger partial charge is 0.294 e. The Bertz CT molecular complexity index is 184. The zero-order valence-electron chi connectivity index (χ0n) is 5.50. The fourth-order valence-electron chi connectivity index (χ4n) is 1.08. The summed E-state index contributed by atoms with van der Waals surface area (Å²) in [4.78, 5) is 10.8. The van der Waals surface area contributed by atoms with Crippen LogP contribution < -0.4 is 11.3 Å². The topological polar surface area (TPSA) is 78.9 Å². The molecule has 3 N–H and O–H groups in total. The summed E-state index contributed by atoms with van der Waals surface area (Å²) >= 11 is 0. The van der Waals surface area contributed by atoms with Gasteiger partial charge in [0.2, 0.25) is 5.91 Å². The molecule has 10 heavy (non-hydrogen) atoms.